The van der Waals surface area contributed by atoms with E-state index in [1.54, 1.807) is 18.2 Å². The molecule has 0 atom stereocenters. The molecular formula is C21H18FN3O. The number of halogens is 1. The zero-order chi connectivity index (χ0) is 18.1. The van der Waals surface area contributed by atoms with Crippen molar-refractivity contribution in [3.63, 3.8) is 0 Å². The Balaban J connectivity index is 1.81. The first-order valence-electron chi connectivity index (χ1n) is 8.37. The number of benzene rings is 2. The second-order valence-corrected chi connectivity index (χ2v) is 6.24. The standard InChI is InChI=1S/C21H18FN3O/c1-14-9-10-25-19(11-14)24-20(17-7-2-3-8-18(17)26)21(25)23-13-15-5-4-6-16(22)12-15/h2-12,23,26H,13H2,1H3. The summed E-state index contributed by atoms with van der Waals surface area (Å²) in [6, 6.07) is 17.6. The van der Waals surface area contributed by atoms with Gasteiger partial charge in [0.2, 0.25) is 0 Å². The second-order valence-electron chi connectivity index (χ2n) is 6.24. The van der Waals surface area contributed by atoms with Crippen LogP contribution in [0.3, 0.4) is 0 Å². The van der Waals surface area contributed by atoms with Crippen molar-refractivity contribution >= 4 is 11.5 Å². The maximum Gasteiger partial charge on any atom is 0.139 e. The summed E-state index contributed by atoms with van der Waals surface area (Å²) in [5.41, 5.74) is 4.02. The third-order valence-electron chi connectivity index (χ3n) is 4.29. The van der Waals surface area contributed by atoms with E-state index in [0.717, 1.165) is 22.6 Å². The summed E-state index contributed by atoms with van der Waals surface area (Å²) in [7, 11) is 0. The first-order chi connectivity index (χ1) is 12.6. The monoisotopic (exact) mass is 347 g/mol. The van der Waals surface area contributed by atoms with Gasteiger partial charge in [0, 0.05) is 18.3 Å². The molecule has 0 bridgehead atoms. The average molecular weight is 347 g/mol. The molecule has 0 unspecified atom stereocenters. The number of hydrogen-bond donors (Lipinski definition) is 2. The highest BCUT2D eigenvalue weighted by Crippen LogP contribution is 2.34. The summed E-state index contributed by atoms with van der Waals surface area (Å²) < 4.78 is 15.4. The molecule has 0 saturated carbocycles. The van der Waals surface area contributed by atoms with Gasteiger partial charge in [-0.25, -0.2) is 9.37 Å². The second kappa shape index (κ2) is 6.52. The fraction of sp³-hybridized carbons (Fsp3) is 0.0952. The van der Waals surface area contributed by atoms with E-state index in [4.69, 9.17) is 4.98 Å². The topological polar surface area (TPSA) is 49.6 Å². The van der Waals surface area contributed by atoms with E-state index in [1.165, 1.54) is 12.1 Å². The number of para-hydroxylation sites is 1. The molecule has 5 heteroatoms. The minimum atomic E-state index is -0.265. The molecule has 0 fully saturated rings. The number of aromatic hydroxyl groups is 1. The Kier molecular flexibility index (Phi) is 4.05. The van der Waals surface area contributed by atoms with Gasteiger partial charge in [0.25, 0.3) is 0 Å². The Morgan fingerprint density at radius 1 is 1.08 bits per heavy atom. The van der Waals surface area contributed by atoms with Gasteiger partial charge in [-0.05, 0) is 54.4 Å². The van der Waals surface area contributed by atoms with Gasteiger partial charge in [-0.2, -0.15) is 0 Å². The number of imidazole rings is 1. The van der Waals surface area contributed by atoms with Crippen molar-refractivity contribution in [3.8, 4) is 17.0 Å². The van der Waals surface area contributed by atoms with Crippen LogP contribution in [0.15, 0.2) is 66.9 Å². The summed E-state index contributed by atoms with van der Waals surface area (Å²) in [5, 5.41) is 13.6. The van der Waals surface area contributed by atoms with Crippen molar-refractivity contribution < 1.29 is 9.50 Å². The van der Waals surface area contributed by atoms with Gasteiger partial charge in [-0.1, -0.05) is 24.3 Å². The van der Waals surface area contributed by atoms with Crippen molar-refractivity contribution in [1.82, 2.24) is 9.38 Å². The molecule has 0 aliphatic heterocycles. The lowest BCUT2D eigenvalue weighted by Crippen LogP contribution is -2.03. The number of phenolic OH excluding ortho intramolecular Hbond substituents is 1. The molecule has 4 nitrogen and oxygen atoms in total. The van der Waals surface area contributed by atoms with E-state index in [2.05, 4.69) is 5.32 Å². The van der Waals surface area contributed by atoms with Crippen LogP contribution in [0, 0.1) is 12.7 Å². The van der Waals surface area contributed by atoms with E-state index in [9.17, 15) is 9.50 Å². The van der Waals surface area contributed by atoms with Crippen LogP contribution in [0.1, 0.15) is 11.1 Å². The Bertz CT molecular complexity index is 1090. The van der Waals surface area contributed by atoms with Gasteiger partial charge in [0.15, 0.2) is 0 Å². The Morgan fingerprint density at radius 2 is 1.92 bits per heavy atom. The first kappa shape index (κ1) is 16.1. The number of aromatic nitrogens is 2. The Morgan fingerprint density at radius 3 is 2.73 bits per heavy atom. The van der Waals surface area contributed by atoms with Crippen LogP contribution in [-0.2, 0) is 6.54 Å². The van der Waals surface area contributed by atoms with E-state index in [1.807, 2.05) is 47.9 Å². The third kappa shape index (κ3) is 2.99. The van der Waals surface area contributed by atoms with Crippen LogP contribution >= 0.6 is 0 Å². The quantitative estimate of drug-likeness (QED) is 0.559. The first-order valence-corrected chi connectivity index (χ1v) is 8.37. The van der Waals surface area contributed by atoms with Gasteiger partial charge in [-0.15, -0.1) is 0 Å². The van der Waals surface area contributed by atoms with Gasteiger partial charge in [-0.3, -0.25) is 4.40 Å². The molecule has 26 heavy (non-hydrogen) atoms. The SMILES string of the molecule is Cc1ccn2c(NCc3cccc(F)c3)c(-c3ccccc3O)nc2c1. The lowest BCUT2D eigenvalue weighted by atomic mass is 10.1. The number of nitrogens with zero attached hydrogens (tertiary/aromatic N) is 2. The number of anilines is 1. The molecule has 130 valence electrons. The van der Waals surface area contributed by atoms with Gasteiger partial charge < -0.3 is 10.4 Å². The summed E-state index contributed by atoms with van der Waals surface area (Å²) in [4.78, 5) is 4.70. The number of pyridine rings is 1. The highest BCUT2D eigenvalue weighted by molar-refractivity contribution is 5.80. The molecule has 0 radical (unpaired) electrons. The molecular weight excluding hydrogens is 329 g/mol. The molecule has 0 amide bonds. The van der Waals surface area contributed by atoms with Crippen LogP contribution in [0.2, 0.25) is 0 Å². The van der Waals surface area contributed by atoms with Crippen molar-refractivity contribution in [3.05, 3.63) is 83.8 Å². The van der Waals surface area contributed by atoms with Crippen LogP contribution in [0.5, 0.6) is 5.75 Å². The van der Waals surface area contributed by atoms with Crippen LogP contribution in [0.25, 0.3) is 16.9 Å². The lowest BCUT2D eigenvalue weighted by molar-refractivity contribution is 0.477. The van der Waals surface area contributed by atoms with E-state index >= 15 is 0 Å². The molecule has 0 spiro atoms. The van der Waals surface area contributed by atoms with E-state index in [0.29, 0.717) is 17.8 Å². The van der Waals surface area contributed by atoms with Gasteiger partial charge >= 0.3 is 0 Å². The largest absolute Gasteiger partial charge is 0.507 e. The van der Waals surface area contributed by atoms with Crippen molar-refractivity contribution in [2.75, 3.05) is 5.32 Å². The van der Waals surface area contributed by atoms with Crippen LogP contribution < -0.4 is 5.32 Å². The molecule has 2 aromatic carbocycles. The molecule has 2 N–H and O–H groups in total. The summed E-state index contributed by atoms with van der Waals surface area (Å²) >= 11 is 0. The average Bonchev–Trinajstić information content (AvgIpc) is 2.97. The summed E-state index contributed by atoms with van der Waals surface area (Å²) in [5.74, 6) is 0.659. The number of hydrogen-bond acceptors (Lipinski definition) is 3. The summed E-state index contributed by atoms with van der Waals surface area (Å²) in [6.07, 6.45) is 1.94. The molecule has 2 aromatic heterocycles. The fourth-order valence-electron chi connectivity index (χ4n) is 3.01. The number of nitrogens with one attached hydrogen (secondary N) is 1. The normalized spacial score (nSPS) is 11.0. The zero-order valence-electron chi connectivity index (χ0n) is 14.3. The molecule has 4 aromatic rings. The number of aryl methyl sites for hydroxylation is 1. The summed E-state index contributed by atoms with van der Waals surface area (Å²) in [6.45, 7) is 2.45. The van der Waals surface area contributed by atoms with Gasteiger partial charge in [0.1, 0.15) is 28.7 Å². The highest BCUT2D eigenvalue weighted by atomic mass is 19.1. The molecule has 4 rings (SSSR count). The zero-order valence-corrected chi connectivity index (χ0v) is 14.3. The molecule has 0 saturated heterocycles. The maximum atomic E-state index is 13.4. The molecule has 2 heterocycles. The van der Waals surface area contributed by atoms with E-state index in [-0.39, 0.29) is 11.6 Å². The minimum absolute atomic E-state index is 0.168. The number of fused-ring (bicyclic) bond motifs is 1. The van der Waals surface area contributed by atoms with E-state index < -0.39 is 0 Å². The Hall–Kier alpha value is -3.34. The number of rotatable bonds is 4. The van der Waals surface area contributed by atoms with Gasteiger partial charge in [0.05, 0.1) is 0 Å². The number of phenols is 1. The van der Waals surface area contributed by atoms with Crippen LogP contribution in [-0.4, -0.2) is 14.5 Å². The van der Waals surface area contributed by atoms with Crippen molar-refractivity contribution in [2.24, 2.45) is 0 Å². The third-order valence-corrected chi connectivity index (χ3v) is 4.29. The predicted octanol–water partition coefficient (Wildman–Crippen LogP) is 4.77. The Labute approximate surface area is 150 Å². The highest BCUT2D eigenvalue weighted by Gasteiger charge is 2.16. The van der Waals surface area contributed by atoms with Crippen LogP contribution in [0.4, 0.5) is 10.2 Å². The maximum absolute atomic E-state index is 13.4. The fourth-order valence-corrected chi connectivity index (χ4v) is 3.01. The minimum Gasteiger partial charge on any atom is -0.507 e. The molecule has 0 aliphatic carbocycles. The predicted molar refractivity (Wildman–Crippen MR) is 101 cm³/mol. The molecule has 0 aliphatic rings. The lowest BCUT2D eigenvalue weighted by Gasteiger charge is -2.10. The van der Waals surface area contributed by atoms with Crippen molar-refractivity contribution in [1.29, 1.82) is 0 Å². The van der Waals surface area contributed by atoms with Crippen molar-refractivity contribution in [2.45, 2.75) is 13.5 Å². The smallest absolute Gasteiger partial charge is 0.139 e.